The summed E-state index contributed by atoms with van der Waals surface area (Å²) in [4.78, 5) is 2.23. The summed E-state index contributed by atoms with van der Waals surface area (Å²) in [6, 6.07) is 3.33. The molecule has 1 aromatic rings. The Bertz CT molecular complexity index is 439. The number of alkyl halides is 1. The van der Waals surface area contributed by atoms with Crippen LogP contribution in [0.15, 0.2) is 12.1 Å². The highest BCUT2D eigenvalue weighted by atomic mass is 35.5. The largest absolute Gasteiger partial charge is 0.314 e. The number of nitrogens with one attached hydrogen (secondary N) is 1. The highest BCUT2D eigenvalue weighted by Gasteiger charge is 2.25. The number of nitrogens with zero attached hydrogens (tertiary/aromatic N) is 1. The predicted octanol–water partition coefficient (Wildman–Crippen LogP) is 4.37. The third kappa shape index (κ3) is 4.36. The van der Waals surface area contributed by atoms with Gasteiger partial charge in [0.2, 0.25) is 0 Å². The first-order valence-electron chi connectivity index (χ1n) is 6.28. The molecule has 0 bridgehead atoms. The molecule has 114 valence electrons. The van der Waals surface area contributed by atoms with E-state index in [0.29, 0.717) is 21.5 Å². The summed E-state index contributed by atoms with van der Waals surface area (Å²) in [6.07, 6.45) is 0.399. The van der Waals surface area contributed by atoms with E-state index in [4.69, 9.17) is 34.8 Å². The Morgan fingerprint density at radius 2 is 1.85 bits per heavy atom. The number of piperazine rings is 1. The molecule has 0 saturated carbocycles. The van der Waals surface area contributed by atoms with Crippen LogP contribution >= 0.6 is 47.2 Å². The minimum atomic E-state index is -0.394. The van der Waals surface area contributed by atoms with E-state index in [0.717, 1.165) is 31.7 Å². The second-order valence-corrected chi connectivity index (χ2v) is 5.79. The van der Waals surface area contributed by atoms with Gasteiger partial charge in [0.25, 0.3) is 0 Å². The van der Waals surface area contributed by atoms with Gasteiger partial charge in [0.15, 0.2) is 0 Å². The van der Waals surface area contributed by atoms with Gasteiger partial charge in [-0.3, -0.25) is 9.29 Å². The van der Waals surface area contributed by atoms with Crippen molar-refractivity contribution in [2.24, 2.45) is 0 Å². The molecule has 1 heterocycles. The summed E-state index contributed by atoms with van der Waals surface area (Å²) in [6.45, 7) is 3.13. The summed E-state index contributed by atoms with van der Waals surface area (Å²) in [5, 5.41) is 4.71. The zero-order valence-corrected chi connectivity index (χ0v) is 13.9. The molecule has 1 saturated heterocycles. The summed E-state index contributed by atoms with van der Waals surface area (Å²) >= 11 is 18.4. The van der Waals surface area contributed by atoms with Crippen molar-refractivity contribution < 1.29 is 4.39 Å². The highest BCUT2D eigenvalue weighted by Crippen LogP contribution is 2.37. The van der Waals surface area contributed by atoms with Gasteiger partial charge in [0, 0.05) is 37.2 Å². The quantitative estimate of drug-likeness (QED) is 0.801. The lowest BCUT2D eigenvalue weighted by atomic mass is 10.0. The Hall–Kier alpha value is 0.230. The molecular weight excluding hydrogens is 345 g/mol. The van der Waals surface area contributed by atoms with E-state index < -0.39 is 6.67 Å². The van der Waals surface area contributed by atoms with Gasteiger partial charge in [-0.1, -0.05) is 34.8 Å². The van der Waals surface area contributed by atoms with Crippen LogP contribution < -0.4 is 5.32 Å². The molecule has 2 nitrogen and oxygen atoms in total. The van der Waals surface area contributed by atoms with Gasteiger partial charge in [0.05, 0.1) is 16.7 Å². The Morgan fingerprint density at radius 1 is 1.20 bits per heavy atom. The lowest BCUT2D eigenvalue weighted by molar-refractivity contribution is 0.157. The van der Waals surface area contributed by atoms with Crippen LogP contribution in [0.4, 0.5) is 4.39 Å². The third-order valence-corrected chi connectivity index (χ3v) is 4.39. The highest BCUT2D eigenvalue weighted by molar-refractivity contribution is 6.43. The molecule has 1 aromatic carbocycles. The summed E-state index contributed by atoms with van der Waals surface area (Å²) < 4.78 is 12.9. The molecule has 1 aliphatic heterocycles. The molecule has 1 aliphatic rings. The molecule has 1 fully saturated rings. The van der Waals surface area contributed by atoms with Crippen LogP contribution in [0.1, 0.15) is 18.0 Å². The van der Waals surface area contributed by atoms with Crippen molar-refractivity contribution in [1.29, 1.82) is 0 Å². The van der Waals surface area contributed by atoms with Gasteiger partial charge in [0.1, 0.15) is 0 Å². The number of rotatable bonds is 4. The van der Waals surface area contributed by atoms with Gasteiger partial charge in [-0.05, 0) is 24.1 Å². The molecule has 0 spiro atoms. The number of benzene rings is 1. The Morgan fingerprint density at radius 3 is 2.45 bits per heavy atom. The second-order valence-electron chi connectivity index (χ2n) is 4.57. The van der Waals surface area contributed by atoms with E-state index in [1.54, 1.807) is 12.1 Å². The molecule has 0 amide bonds. The minimum absolute atomic E-state index is 0. The maximum absolute atomic E-state index is 12.9. The van der Waals surface area contributed by atoms with Gasteiger partial charge in [-0.2, -0.15) is 0 Å². The molecule has 0 aliphatic carbocycles. The lowest BCUT2D eigenvalue weighted by Gasteiger charge is -2.35. The van der Waals surface area contributed by atoms with E-state index >= 15 is 0 Å². The fraction of sp³-hybridized carbons (Fsp3) is 0.538. The van der Waals surface area contributed by atoms with Gasteiger partial charge in [-0.25, -0.2) is 0 Å². The van der Waals surface area contributed by atoms with Crippen LogP contribution in [0.25, 0.3) is 0 Å². The van der Waals surface area contributed by atoms with Crippen LogP contribution in [0.5, 0.6) is 0 Å². The van der Waals surface area contributed by atoms with Crippen LogP contribution in [-0.2, 0) is 0 Å². The van der Waals surface area contributed by atoms with Crippen molar-refractivity contribution in [1.82, 2.24) is 10.2 Å². The fourth-order valence-corrected chi connectivity index (χ4v) is 3.19. The standard InChI is InChI=1S/C13H16Cl3FN2.ClH/c14-9-7-10(13(16)11(15)8-9)12(1-2-17)19-5-3-18-4-6-19;/h7-8,12,18H,1-6H2;1H/t12-;/m0./s1. The van der Waals surface area contributed by atoms with Gasteiger partial charge in [-0.15, -0.1) is 12.4 Å². The third-order valence-electron chi connectivity index (χ3n) is 3.36. The van der Waals surface area contributed by atoms with Crippen molar-refractivity contribution in [3.05, 3.63) is 32.8 Å². The van der Waals surface area contributed by atoms with Crippen molar-refractivity contribution in [3.8, 4) is 0 Å². The van der Waals surface area contributed by atoms with Crippen LogP contribution in [0, 0.1) is 0 Å². The molecule has 20 heavy (non-hydrogen) atoms. The van der Waals surface area contributed by atoms with E-state index in [-0.39, 0.29) is 18.4 Å². The van der Waals surface area contributed by atoms with Gasteiger partial charge < -0.3 is 5.32 Å². The monoisotopic (exact) mass is 360 g/mol. The zero-order valence-electron chi connectivity index (χ0n) is 10.8. The van der Waals surface area contributed by atoms with Crippen molar-refractivity contribution in [3.63, 3.8) is 0 Å². The summed E-state index contributed by atoms with van der Waals surface area (Å²) in [5.41, 5.74) is 0.818. The smallest absolute Gasteiger partial charge is 0.0912 e. The zero-order chi connectivity index (χ0) is 13.8. The van der Waals surface area contributed by atoms with Crippen LogP contribution in [0.3, 0.4) is 0 Å². The molecule has 7 heteroatoms. The molecule has 0 unspecified atom stereocenters. The maximum atomic E-state index is 12.9. The SMILES string of the molecule is Cl.FCC[C@@H](c1cc(Cl)cc(Cl)c1Cl)N1CCNCC1. The van der Waals surface area contributed by atoms with E-state index in [2.05, 4.69) is 10.2 Å². The fourth-order valence-electron chi connectivity index (χ4n) is 2.45. The number of hydrogen-bond donors (Lipinski definition) is 1. The first-order valence-corrected chi connectivity index (χ1v) is 7.42. The number of hydrogen-bond acceptors (Lipinski definition) is 2. The van der Waals surface area contributed by atoms with Crippen LogP contribution in [0.2, 0.25) is 15.1 Å². The van der Waals surface area contributed by atoms with Crippen molar-refractivity contribution >= 4 is 47.2 Å². The average molecular weight is 362 g/mol. The van der Waals surface area contributed by atoms with E-state index in [9.17, 15) is 4.39 Å². The molecule has 0 radical (unpaired) electrons. The summed E-state index contributed by atoms with van der Waals surface area (Å²) in [7, 11) is 0. The molecule has 2 rings (SSSR count). The molecule has 1 atom stereocenters. The minimum Gasteiger partial charge on any atom is -0.314 e. The first-order chi connectivity index (χ1) is 9.13. The lowest BCUT2D eigenvalue weighted by Crippen LogP contribution is -2.45. The second kappa shape index (κ2) is 8.62. The Labute approximate surface area is 140 Å². The molecule has 0 aromatic heterocycles. The van der Waals surface area contributed by atoms with E-state index in [1.165, 1.54) is 0 Å². The summed E-state index contributed by atoms with van der Waals surface area (Å²) in [5.74, 6) is 0. The molecular formula is C13H17Cl4FN2. The van der Waals surface area contributed by atoms with Crippen LogP contribution in [-0.4, -0.2) is 37.8 Å². The average Bonchev–Trinajstić information content (AvgIpc) is 2.41. The van der Waals surface area contributed by atoms with Gasteiger partial charge >= 0.3 is 0 Å². The predicted molar refractivity (Wildman–Crippen MR) is 86.5 cm³/mol. The Balaban J connectivity index is 0.00000200. The topological polar surface area (TPSA) is 15.3 Å². The first kappa shape index (κ1) is 18.3. The van der Waals surface area contributed by atoms with E-state index in [1.807, 2.05) is 0 Å². The van der Waals surface area contributed by atoms with Crippen molar-refractivity contribution in [2.75, 3.05) is 32.9 Å². The maximum Gasteiger partial charge on any atom is 0.0912 e. The normalized spacial score (nSPS) is 17.6. The molecule has 1 N–H and O–H groups in total. The van der Waals surface area contributed by atoms with Crippen molar-refractivity contribution in [2.45, 2.75) is 12.5 Å². The Kier molecular flexibility index (Phi) is 7.88. The number of halogens is 5.